The maximum Gasteiger partial charge on any atom is 0.321 e. The summed E-state index contributed by atoms with van der Waals surface area (Å²) in [6, 6.07) is 9.25. The van der Waals surface area contributed by atoms with Gasteiger partial charge in [-0.25, -0.2) is 4.79 Å². The molecule has 0 atom stereocenters. The number of amides is 2. The third-order valence-corrected chi connectivity index (χ3v) is 3.43. The molecule has 5 nitrogen and oxygen atoms in total. The first kappa shape index (κ1) is 14.4. The van der Waals surface area contributed by atoms with E-state index < -0.39 is 0 Å². The number of para-hydroxylation sites is 1. The second kappa shape index (κ2) is 6.93. The summed E-state index contributed by atoms with van der Waals surface area (Å²) in [6.07, 6.45) is 1.34. The topological polar surface area (TPSA) is 58.6 Å². The third kappa shape index (κ3) is 3.73. The third-order valence-electron chi connectivity index (χ3n) is 3.43. The van der Waals surface area contributed by atoms with E-state index >= 15 is 0 Å². The predicted octanol–water partition coefficient (Wildman–Crippen LogP) is 2.49. The van der Waals surface area contributed by atoms with Crippen molar-refractivity contribution in [3.8, 4) is 0 Å². The Bertz CT molecular complexity index is 453. The Balaban J connectivity index is 1.81. The van der Waals surface area contributed by atoms with Crippen molar-refractivity contribution in [2.24, 2.45) is 5.92 Å². The van der Waals surface area contributed by atoms with Gasteiger partial charge in [0.25, 0.3) is 0 Å². The molecule has 1 aromatic carbocycles. The number of hydrogen-bond donors (Lipinski definition) is 1. The minimum absolute atomic E-state index is 0.0734. The van der Waals surface area contributed by atoms with Crippen molar-refractivity contribution in [2.45, 2.75) is 19.8 Å². The number of urea groups is 1. The van der Waals surface area contributed by atoms with Crippen molar-refractivity contribution in [1.29, 1.82) is 0 Å². The van der Waals surface area contributed by atoms with Gasteiger partial charge in [-0.05, 0) is 31.9 Å². The standard InChI is InChI=1S/C15H20N2O3/c1-2-20-14(18)12-8-10-17(11-9-12)15(19)16-13-6-4-3-5-7-13/h3-7,12H,2,8-11H2,1H3,(H,16,19). The van der Waals surface area contributed by atoms with E-state index in [2.05, 4.69) is 5.32 Å². The summed E-state index contributed by atoms with van der Waals surface area (Å²) in [6.45, 7) is 3.39. The highest BCUT2D eigenvalue weighted by Crippen LogP contribution is 2.19. The first-order valence-electron chi connectivity index (χ1n) is 6.98. The van der Waals surface area contributed by atoms with Crippen molar-refractivity contribution >= 4 is 17.7 Å². The first-order valence-corrected chi connectivity index (χ1v) is 6.98. The number of likely N-dealkylation sites (tertiary alicyclic amines) is 1. The number of nitrogens with one attached hydrogen (secondary N) is 1. The molecule has 1 heterocycles. The molecule has 1 aliphatic heterocycles. The second-order valence-corrected chi connectivity index (χ2v) is 4.81. The summed E-state index contributed by atoms with van der Waals surface area (Å²) in [4.78, 5) is 25.4. The highest BCUT2D eigenvalue weighted by molar-refractivity contribution is 5.89. The summed E-state index contributed by atoms with van der Waals surface area (Å²) in [5.74, 6) is -0.216. The van der Waals surface area contributed by atoms with Crippen molar-refractivity contribution in [3.05, 3.63) is 30.3 Å². The zero-order chi connectivity index (χ0) is 14.4. The highest BCUT2D eigenvalue weighted by Gasteiger charge is 2.28. The predicted molar refractivity (Wildman–Crippen MR) is 76.4 cm³/mol. The van der Waals surface area contributed by atoms with Gasteiger partial charge >= 0.3 is 12.0 Å². The molecule has 2 rings (SSSR count). The van der Waals surface area contributed by atoms with Crippen LogP contribution in [0.1, 0.15) is 19.8 Å². The Hall–Kier alpha value is -2.04. The van der Waals surface area contributed by atoms with Crippen molar-refractivity contribution in [3.63, 3.8) is 0 Å². The van der Waals surface area contributed by atoms with Gasteiger partial charge in [0.15, 0.2) is 0 Å². The summed E-state index contributed by atoms with van der Waals surface area (Å²) >= 11 is 0. The van der Waals surface area contributed by atoms with Crippen LogP contribution < -0.4 is 5.32 Å². The van der Waals surface area contributed by atoms with Crippen LogP contribution in [0, 0.1) is 5.92 Å². The summed E-state index contributed by atoms with van der Waals surface area (Å²) in [5, 5.41) is 2.85. The molecule has 108 valence electrons. The number of carbonyl (C=O) groups is 2. The second-order valence-electron chi connectivity index (χ2n) is 4.81. The fourth-order valence-electron chi connectivity index (χ4n) is 2.30. The van der Waals surface area contributed by atoms with Crippen LogP contribution >= 0.6 is 0 Å². The maximum atomic E-state index is 12.1. The van der Waals surface area contributed by atoms with Gasteiger partial charge in [-0.2, -0.15) is 0 Å². The lowest BCUT2D eigenvalue weighted by Gasteiger charge is -2.30. The minimum Gasteiger partial charge on any atom is -0.466 e. The van der Waals surface area contributed by atoms with E-state index in [1.165, 1.54) is 0 Å². The molecule has 1 fully saturated rings. The quantitative estimate of drug-likeness (QED) is 0.863. The number of rotatable bonds is 3. The van der Waals surface area contributed by atoms with Crippen molar-refractivity contribution in [2.75, 3.05) is 25.0 Å². The highest BCUT2D eigenvalue weighted by atomic mass is 16.5. The van der Waals surface area contributed by atoms with E-state index in [0.29, 0.717) is 32.5 Å². The summed E-state index contributed by atoms with van der Waals surface area (Å²) < 4.78 is 5.01. The van der Waals surface area contributed by atoms with Crippen LogP contribution in [0.3, 0.4) is 0 Å². The Kier molecular flexibility index (Phi) is 4.98. The molecule has 0 unspecified atom stereocenters. The van der Waals surface area contributed by atoms with Gasteiger partial charge in [-0.3, -0.25) is 4.79 Å². The first-order chi connectivity index (χ1) is 9.70. The van der Waals surface area contributed by atoms with Gasteiger partial charge < -0.3 is 15.0 Å². The lowest BCUT2D eigenvalue weighted by Crippen LogP contribution is -2.42. The molecule has 0 aromatic heterocycles. The number of nitrogens with zero attached hydrogens (tertiary/aromatic N) is 1. The Morgan fingerprint density at radius 2 is 1.90 bits per heavy atom. The fraction of sp³-hybridized carbons (Fsp3) is 0.467. The van der Waals surface area contributed by atoms with Gasteiger partial charge in [-0.1, -0.05) is 18.2 Å². The van der Waals surface area contributed by atoms with Gasteiger partial charge in [0.2, 0.25) is 0 Å². The van der Waals surface area contributed by atoms with Gasteiger partial charge in [0, 0.05) is 18.8 Å². The van der Waals surface area contributed by atoms with E-state index in [4.69, 9.17) is 4.74 Å². The summed E-state index contributed by atoms with van der Waals surface area (Å²) in [5.41, 5.74) is 0.782. The van der Waals surface area contributed by atoms with Crippen LogP contribution in [0.15, 0.2) is 30.3 Å². The van der Waals surface area contributed by atoms with Crippen LogP contribution in [0.2, 0.25) is 0 Å². The molecule has 1 aliphatic rings. The van der Waals surface area contributed by atoms with Crippen LogP contribution in [-0.2, 0) is 9.53 Å². The number of benzene rings is 1. The smallest absolute Gasteiger partial charge is 0.321 e. The maximum absolute atomic E-state index is 12.1. The Morgan fingerprint density at radius 3 is 2.50 bits per heavy atom. The van der Waals surface area contributed by atoms with Gasteiger partial charge in [-0.15, -0.1) is 0 Å². The zero-order valence-corrected chi connectivity index (χ0v) is 11.7. The average molecular weight is 276 g/mol. The molecule has 0 spiro atoms. The van der Waals surface area contributed by atoms with Crippen LogP contribution in [0.5, 0.6) is 0 Å². The van der Waals surface area contributed by atoms with Crippen molar-refractivity contribution < 1.29 is 14.3 Å². The van der Waals surface area contributed by atoms with Crippen LogP contribution in [0.4, 0.5) is 10.5 Å². The molecule has 20 heavy (non-hydrogen) atoms. The van der Waals surface area contributed by atoms with E-state index in [1.54, 1.807) is 11.8 Å². The number of esters is 1. The fourth-order valence-corrected chi connectivity index (χ4v) is 2.30. The van der Waals surface area contributed by atoms with E-state index in [-0.39, 0.29) is 17.9 Å². The monoisotopic (exact) mass is 276 g/mol. The Labute approximate surface area is 118 Å². The lowest BCUT2D eigenvalue weighted by atomic mass is 9.97. The molecule has 1 aromatic rings. The summed E-state index contributed by atoms with van der Waals surface area (Å²) in [7, 11) is 0. The lowest BCUT2D eigenvalue weighted by molar-refractivity contribution is -0.149. The Morgan fingerprint density at radius 1 is 1.25 bits per heavy atom. The number of carbonyl (C=O) groups excluding carboxylic acids is 2. The molecule has 1 N–H and O–H groups in total. The molecule has 0 aliphatic carbocycles. The number of ether oxygens (including phenoxy) is 1. The molecular formula is C15H20N2O3. The average Bonchev–Trinajstić information content (AvgIpc) is 2.48. The molecule has 0 radical (unpaired) electrons. The largest absolute Gasteiger partial charge is 0.466 e. The minimum atomic E-state index is -0.143. The molecule has 1 saturated heterocycles. The molecule has 0 saturated carbocycles. The van der Waals surface area contributed by atoms with Crippen molar-refractivity contribution in [1.82, 2.24) is 4.90 Å². The molecule has 0 bridgehead atoms. The molecular weight excluding hydrogens is 256 g/mol. The van der Waals surface area contributed by atoms with Crippen LogP contribution in [-0.4, -0.2) is 36.6 Å². The van der Waals surface area contributed by atoms with E-state index in [9.17, 15) is 9.59 Å². The number of hydrogen-bond acceptors (Lipinski definition) is 3. The van der Waals surface area contributed by atoms with E-state index in [0.717, 1.165) is 5.69 Å². The SMILES string of the molecule is CCOC(=O)C1CCN(C(=O)Nc2ccccc2)CC1. The number of piperidine rings is 1. The molecule has 2 amide bonds. The van der Waals surface area contributed by atoms with Crippen LogP contribution in [0.25, 0.3) is 0 Å². The van der Waals surface area contributed by atoms with Gasteiger partial charge in [0.1, 0.15) is 0 Å². The molecule has 5 heteroatoms. The zero-order valence-electron chi connectivity index (χ0n) is 11.7. The normalized spacial score (nSPS) is 15.8. The number of anilines is 1. The van der Waals surface area contributed by atoms with E-state index in [1.807, 2.05) is 30.3 Å². The van der Waals surface area contributed by atoms with Gasteiger partial charge in [0.05, 0.1) is 12.5 Å².